The number of rotatable bonds is 4. The summed E-state index contributed by atoms with van der Waals surface area (Å²) in [6, 6.07) is 0. The van der Waals surface area contributed by atoms with Crippen molar-refractivity contribution in [3.8, 4) is 0 Å². The van der Waals surface area contributed by atoms with E-state index in [0.717, 1.165) is 6.42 Å². The van der Waals surface area contributed by atoms with Crippen molar-refractivity contribution in [2.45, 2.75) is 32.2 Å². The van der Waals surface area contributed by atoms with Crippen LogP contribution in [0.25, 0.3) is 0 Å². The SMILES string of the molecule is CCCC(C)(N=C=O)C(=O)OC. The summed E-state index contributed by atoms with van der Waals surface area (Å²) < 4.78 is 4.51. The van der Waals surface area contributed by atoms with E-state index in [4.69, 9.17) is 0 Å². The first-order valence-electron chi connectivity index (χ1n) is 3.78. The summed E-state index contributed by atoms with van der Waals surface area (Å²) in [5, 5.41) is 0. The number of isocyanates is 1. The Morgan fingerprint density at radius 1 is 1.67 bits per heavy atom. The summed E-state index contributed by atoms with van der Waals surface area (Å²) >= 11 is 0. The van der Waals surface area contributed by atoms with Crippen molar-refractivity contribution in [1.29, 1.82) is 0 Å². The van der Waals surface area contributed by atoms with Gasteiger partial charge in [0.15, 0.2) is 5.54 Å². The predicted molar refractivity (Wildman–Crippen MR) is 43.5 cm³/mol. The average molecular weight is 171 g/mol. The molecular weight excluding hydrogens is 158 g/mol. The van der Waals surface area contributed by atoms with E-state index in [2.05, 4.69) is 9.73 Å². The second-order valence-corrected chi connectivity index (χ2v) is 2.72. The molecule has 0 radical (unpaired) electrons. The molecule has 12 heavy (non-hydrogen) atoms. The Kier molecular flexibility index (Phi) is 4.22. The number of methoxy groups -OCH3 is 1. The summed E-state index contributed by atoms with van der Waals surface area (Å²) in [6.07, 6.45) is 2.64. The molecule has 0 rings (SSSR count). The molecule has 0 aliphatic heterocycles. The van der Waals surface area contributed by atoms with Crippen molar-refractivity contribution in [3.05, 3.63) is 0 Å². The van der Waals surface area contributed by atoms with Crippen LogP contribution in [-0.2, 0) is 14.3 Å². The Labute approximate surface area is 71.6 Å². The van der Waals surface area contributed by atoms with Crippen LogP contribution in [0.2, 0.25) is 0 Å². The van der Waals surface area contributed by atoms with E-state index in [9.17, 15) is 9.59 Å². The monoisotopic (exact) mass is 171 g/mol. The molecule has 68 valence electrons. The maximum Gasteiger partial charge on any atom is 0.334 e. The first kappa shape index (κ1) is 10.8. The lowest BCUT2D eigenvalue weighted by Gasteiger charge is -2.18. The quantitative estimate of drug-likeness (QED) is 0.361. The number of carbonyl (C=O) groups is 1. The highest BCUT2D eigenvalue weighted by molar-refractivity contribution is 5.81. The Balaban J connectivity index is 4.59. The van der Waals surface area contributed by atoms with Gasteiger partial charge in [-0.05, 0) is 13.3 Å². The van der Waals surface area contributed by atoms with E-state index in [-0.39, 0.29) is 0 Å². The molecule has 0 amide bonds. The van der Waals surface area contributed by atoms with E-state index in [1.54, 1.807) is 6.92 Å². The number of nitrogens with zero attached hydrogens (tertiary/aromatic N) is 1. The third kappa shape index (κ3) is 2.47. The zero-order valence-electron chi connectivity index (χ0n) is 7.59. The third-order valence-corrected chi connectivity index (χ3v) is 1.65. The number of hydrogen-bond acceptors (Lipinski definition) is 4. The maximum absolute atomic E-state index is 11.1. The van der Waals surface area contributed by atoms with Crippen LogP contribution in [0.3, 0.4) is 0 Å². The average Bonchev–Trinajstić information content (AvgIpc) is 2.04. The zero-order chi connectivity index (χ0) is 9.61. The molecule has 4 nitrogen and oxygen atoms in total. The van der Waals surface area contributed by atoms with Gasteiger partial charge in [0.25, 0.3) is 0 Å². The number of esters is 1. The standard InChI is InChI=1S/C8H13NO3/c1-4-5-8(2,9-6-10)7(11)12-3/h4-5H2,1-3H3. The van der Waals surface area contributed by atoms with Crippen LogP contribution >= 0.6 is 0 Å². The van der Waals surface area contributed by atoms with Gasteiger partial charge in [-0.15, -0.1) is 0 Å². The van der Waals surface area contributed by atoms with Crippen LogP contribution in [0, 0.1) is 0 Å². The lowest BCUT2D eigenvalue weighted by atomic mass is 9.97. The lowest BCUT2D eigenvalue weighted by Crippen LogP contribution is -2.34. The molecular formula is C8H13NO3. The van der Waals surface area contributed by atoms with Crippen LogP contribution in [0.4, 0.5) is 0 Å². The van der Waals surface area contributed by atoms with Crippen molar-refractivity contribution < 1.29 is 14.3 Å². The molecule has 4 heteroatoms. The third-order valence-electron chi connectivity index (χ3n) is 1.65. The van der Waals surface area contributed by atoms with Gasteiger partial charge in [-0.1, -0.05) is 13.3 Å². The van der Waals surface area contributed by atoms with Crippen molar-refractivity contribution in [2.75, 3.05) is 7.11 Å². The zero-order valence-corrected chi connectivity index (χ0v) is 7.59. The van der Waals surface area contributed by atoms with Crippen molar-refractivity contribution >= 4 is 12.0 Å². The van der Waals surface area contributed by atoms with Gasteiger partial charge < -0.3 is 4.74 Å². The number of ether oxygens (including phenoxy) is 1. The van der Waals surface area contributed by atoms with Crippen molar-refractivity contribution in [3.63, 3.8) is 0 Å². The Hall–Kier alpha value is -1.15. The second-order valence-electron chi connectivity index (χ2n) is 2.72. The minimum atomic E-state index is -1.05. The molecule has 0 aliphatic carbocycles. The Bertz CT molecular complexity index is 208. The van der Waals surface area contributed by atoms with E-state index in [1.807, 2.05) is 6.92 Å². The molecule has 0 heterocycles. The smallest absolute Gasteiger partial charge is 0.334 e. The number of carbonyl (C=O) groups excluding carboxylic acids is 2. The van der Waals surface area contributed by atoms with Crippen LogP contribution in [-0.4, -0.2) is 24.7 Å². The summed E-state index contributed by atoms with van der Waals surface area (Å²) in [7, 11) is 1.27. The fourth-order valence-corrected chi connectivity index (χ4v) is 1.01. The molecule has 0 bridgehead atoms. The molecule has 0 aliphatic rings. The molecule has 0 aromatic carbocycles. The highest BCUT2D eigenvalue weighted by atomic mass is 16.5. The van der Waals surface area contributed by atoms with E-state index in [1.165, 1.54) is 13.2 Å². The maximum atomic E-state index is 11.1. The van der Waals surface area contributed by atoms with Crippen LogP contribution in [0.15, 0.2) is 4.99 Å². The molecule has 1 atom stereocenters. The molecule has 0 spiro atoms. The van der Waals surface area contributed by atoms with Gasteiger partial charge in [-0.3, -0.25) is 0 Å². The first-order valence-corrected chi connectivity index (χ1v) is 3.78. The minimum Gasteiger partial charge on any atom is -0.467 e. The highest BCUT2D eigenvalue weighted by Crippen LogP contribution is 2.18. The van der Waals surface area contributed by atoms with Crippen molar-refractivity contribution in [1.82, 2.24) is 0 Å². The molecule has 1 unspecified atom stereocenters. The summed E-state index contributed by atoms with van der Waals surface area (Å²) in [6.45, 7) is 3.47. The fraction of sp³-hybridized carbons (Fsp3) is 0.750. The van der Waals surface area contributed by atoms with Gasteiger partial charge in [0.2, 0.25) is 6.08 Å². The summed E-state index contributed by atoms with van der Waals surface area (Å²) in [5.74, 6) is -0.493. The van der Waals surface area contributed by atoms with E-state index >= 15 is 0 Å². The van der Waals surface area contributed by atoms with Crippen LogP contribution < -0.4 is 0 Å². The molecule has 0 aromatic rings. The van der Waals surface area contributed by atoms with Gasteiger partial charge in [0, 0.05) is 0 Å². The first-order chi connectivity index (χ1) is 5.60. The lowest BCUT2D eigenvalue weighted by molar-refractivity contribution is -0.146. The van der Waals surface area contributed by atoms with Gasteiger partial charge in [-0.25, -0.2) is 9.59 Å². The summed E-state index contributed by atoms with van der Waals surface area (Å²) in [4.78, 5) is 24.6. The van der Waals surface area contributed by atoms with E-state index in [0.29, 0.717) is 6.42 Å². The molecule has 0 saturated carbocycles. The van der Waals surface area contributed by atoms with Crippen LogP contribution in [0.5, 0.6) is 0 Å². The van der Waals surface area contributed by atoms with Crippen molar-refractivity contribution in [2.24, 2.45) is 4.99 Å². The minimum absolute atomic E-state index is 0.493. The molecule has 0 N–H and O–H groups in total. The van der Waals surface area contributed by atoms with E-state index < -0.39 is 11.5 Å². The Morgan fingerprint density at radius 2 is 2.25 bits per heavy atom. The number of aliphatic imine (C=N–C) groups is 1. The Morgan fingerprint density at radius 3 is 2.58 bits per heavy atom. The predicted octanol–water partition coefficient (Wildman–Crippen LogP) is 1.05. The molecule has 0 aromatic heterocycles. The topological polar surface area (TPSA) is 55.7 Å². The van der Waals surface area contributed by atoms with Crippen LogP contribution in [0.1, 0.15) is 26.7 Å². The fourth-order valence-electron chi connectivity index (χ4n) is 1.01. The highest BCUT2D eigenvalue weighted by Gasteiger charge is 2.32. The molecule has 0 saturated heterocycles. The van der Waals surface area contributed by atoms with Gasteiger partial charge in [0.05, 0.1) is 7.11 Å². The molecule has 0 fully saturated rings. The normalized spacial score (nSPS) is 14.2. The largest absolute Gasteiger partial charge is 0.467 e. The van der Waals surface area contributed by atoms with Gasteiger partial charge in [-0.2, -0.15) is 4.99 Å². The van der Waals surface area contributed by atoms with Gasteiger partial charge in [0.1, 0.15) is 0 Å². The second kappa shape index (κ2) is 4.67. The summed E-state index contributed by atoms with van der Waals surface area (Å²) in [5.41, 5.74) is -1.05. The van der Waals surface area contributed by atoms with Gasteiger partial charge >= 0.3 is 5.97 Å². The number of hydrogen-bond donors (Lipinski definition) is 0.